The maximum Gasteiger partial charge on any atom is 0.0641 e. The van der Waals surface area contributed by atoms with Gasteiger partial charge in [-0.1, -0.05) is 133 Å². The molecular weight excluding hydrogens is 691 g/mol. The van der Waals surface area contributed by atoms with Gasteiger partial charge in [0.05, 0.1) is 33.1 Å². The lowest BCUT2D eigenvalue weighted by atomic mass is 9.97. The molecule has 3 nitrogen and oxygen atoms in total. The third kappa shape index (κ3) is 4.85. The minimum absolute atomic E-state index is 1.06. The largest absolute Gasteiger partial charge is 0.309 e. The van der Waals surface area contributed by atoms with Crippen molar-refractivity contribution < 1.29 is 0 Å². The van der Waals surface area contributed by atoms with Gasteiger partial charge in [0.25, 0.3) is 0 Å². The van der Waals surface area contributed by atoms with Gasteiger partial charge in [-0.05, 0) is 102 Å². The van der Waals surface area contributed by atoms with Gasteiger partial charge in [-0.15, -0.1) is 0 Å². The third-order valence-corrected chi connectivity index (χ3v) is 12.1. The summed E-state index contributed by atoms with van der Waals surface area (Å²) in [5.74, 6) is 0. The first-order valence-electron chi connectivity index (χ1n) is 19.9. The van der Waals surface area contributed by atoms with Crippen molar-refractivity contribution >= 4 is 71.0 Å². The zero-order chi connectivity index (χ0) is 37.5. The highest BCUT2D eigenvalue weighted by Crippen LogP contribution is 2.43. The maximum atomic E-state index is 2.51. The minimum Gasteiger partial charge on any atom is -0.309 e. The van der Waals surface area contributed by atoms with Crippen molar-refractivity contribution in [3.8, 4) is 28.2 Å². The van der Waals surface area contributed by atoms with Gasteiger partial charge in [0.1, 0.15) is 0 Å². The van der Waals surface area contributed by atoms with E-state index in [4.69, 9.17) is 0 Å². The van der Waals surface area contributed by atoms with Crippen molar-refractivity contribution in [3.05, 3.63) is 206 Å². The molecule has 1 aliphatic rings. The summed E-state index contributed by atoms with van der Waals surface area (Å²) in [6, 6.07) is 67.0. The monoisotopic (exact) mass is 727 g/mol. The average Bonchev–Trinajstić information content (AvgIpc) is 3.92. The molecule has 0 unspecified atom stereocenters. The van der Waals surface area contributed by atoms with E-state index >= 15 is 0 Å². The van der Waals surface area contributed by atoms with Crippen molar-refractivity contribution in [2.75, 3.05) is 0 Å². The van der Waals surface area contributed by atoms with Crippen LogP contribution in [-0.2, 0) is 0 Å². The molecule has 3 heterocycles. The van der Waals surface area contributed by atoms with Gasteiger partial charge in [-0.3, -0.25) is 0 Å². The molecule has 57 heavy (non-hydrogen) atoms. The first-order valence-corrected chi connectivity index (χ1v) is 19.9. The molecule has 11 aromatic rings. The maximum absolute atomic E-state index is 2.51. The Hall–Kier alpha value is -7.36. The second kappa shape index (κ2) is 12.6. The zero-order valence-electron chi connectivity index (χ0n) is 31.3. The van der Waals surface area contributed by atoms with Crippen molar-refractivity contribution in [1.29, 1.82) is 0 Å². The Kier molecular flexibility index (Phi) is 7.05. The van der Waals surface area contributed by atoms with Crippen LogP contribution in [0.3, 0.4) is 0 Å². The van der Waals surface area contributed by atoms with Crippen LogP contribution < -0.4 is 0 Å². The Morgan fingerprint density at radius 2 is 0.912 bits per heavy atom. The molecule has 0 bridgehead atoms. The summed E-state index contributed by atoms with van der Waals surface area (Å²) in [5.41, 5.74) is 15.8. The quantitative estimate of drug-likeness (QED) is 0.168. The van der Waals surface area contributed by atoms with E-state index in [0.29, 0.717) is 0 Å². The molecule has 0 N–H and O–H groups in total. The summed E-state index contributed by atoms with van der Waals surface area (Å²) < 4.78 is 7.40. The number of benzene rings is 8. The van der Waals surface area contributed by atoms with Crippen LogP contribution in [0.2, 0.25) is 0 Å². The first kappa shape index (κ1) is 31.9. The van der Waals surface area contributed by atoms with Gasteiger partial charge in [-0.2, -0.15) is 0 Å². The summed E-state index contributed by atoms with van der Waals surface area (Å²) in [6.45, 7) is 0. The van der Waals surface area contributed by atoms with Gasteiger partial charge in [0.15, 0.2) is 0 Å². The molecule has 268 valence electrons. The van der Waals surface area contributed by atoms with Gasteiger partial charge in [-0.25, -0.2) is 0 Å². The number of nitrogens with zero attached hydrogens (tertiary/aromatic N) is 3. The lowest BCUT2D eigenvalue weighted by Gasteiger charge is -2.14. The molecule has 0 saturated heterocycles. The van der Waals surface area contributed by atoms with Gasteiger partial charge < -0.3 is 13.7 Å². The highest BCUT2D eigenvalue weighted by molar-refractivity contribution is 6.26. The van der Waals surface area contributed by atoms with E-state index in [0.717, 1.165) is 24.2 Å². The predicted octanol–water partition coefficient (Wildman–Crippen LogP) is 14.4. The zero-order valence-corrected chi connectivity index (χ0v) is 31.3. The molecule has 8 aromatic carbocycles. The highest BCUT2D eigenvalue weighted by Gasteiger charge is 2.22. The number of hydrogen-bond donors (Lipinski definition) is 0. The molecule has 1 aliphatic carbocycles. The Balaban J connectivity index is 1.11. The molecule has 0 amide bonds. The fourth-order valence-corrected chi connectivity index (χ4v) is 9.58. The van der Waals surface area contributed by atoms with Crippen molar-refractivity contribution in [1.82, 2.24) is 13.7 Å². The normalized spacial score (nSPS) is 13.2. The number of para-hydroxylation sites is 3. The summed E-state index contributed by atoms with van der Waals surface area (Å²) in [7, 11) is 0. The topological polar surface area (TPSA) is 14.8 Å². The first-order chi connectivity index (χ1) is 28.3. The number of rotatable bonds is 5. The average molecular weight is 728 g/mol. The summed E-state index contributed by atoms with van der Waals surface area (Å²) in [6.07, 6.45) is 8.87. The van der Waals surface area contributed by atoms with E-state index in [9.17, 15) is 0 Å². The van der Waals surface area contributed by atoms with E-state index in [1.807, 2.05) is 0 Å². The Labute approximate surface area is 330 Å². The van der Waals surface area contributed by atoms with Crippen LogP contribution in [0, 0.1) is 0 Å². The minimum atomic E-state index is 1.06. The fraction of sp³-hybridized carbons (Fsp3) is 0.0370. The molecule has 3 heteroatoms. The highest BCUT2D eigenvalue weighted by atomic mass is 15.0. The molecule has 0 radical (unpaired) electrons. The van der Waals surface area contributed by atoms with Gasteiger partial charge >= 0.3 is 0 Å². The van der Waals surface area contributed by atoms with Crippen LogP contribution in [0.5, 0.6) is 0 Å². The molecule has 0 spiro atoms. The van der Waals surface area contributed by atoms with Crippen molar-refractivity contribution in [3.63, 3.8) is 0 Å². The van der Waals surface area contributed by atoms with Crippen LogP contribution in [0.1, 0.15) is 18.4 Å². The second-order valence-corrected chi connectivity index (χ2v) is 15.2. The number of allylic oxidation sites excluding steroid dienone is 4. The molecule has 0 atom stereocenters. The van der Waals surface area contributed by atoms with Crippen LogP contribution in [0.4, 0.5) is 0 Å². The summed E-state index contributed by atoms with van der Waals surface area (Å²) in [4.78, 5) is 0. The van der Waals surface area contributed by atoms with Crippen LogP contribution in [0.25, 0.3) is 99.2 Å². The SMILES string of the molecule is C1=CCCC(c2cccc(-n3c4ccccc4c4ccc5c(c6ccccc6n5-c5ccc6c(c5)c5ccccc5n6-c5cccc(-c6ccccc6)c5)c43)c2)=C1. The molecule has 3 aromatic heterocycles. The van der Waals surface area contributed by atoms with E-state index < -0.39 is 0 Å². The van der Waals surface area contributed by atoms with Crippen LogP contribution in [-0.4, -0.2) is 13.7 Å². The van der Waals surface area contributed by atoms with E-state index in [1.165, 1.54) is 93.4 Å². The number of aromatic nitrogens is 3. The predicted molar refractivity (Wildman–Crippen MR) is 241 cm³/mol. The molecule has 0 aliphatic heterocycles. The summed E-state index contributed by atoms with van der Waals surface area (Å²) >= 11 is 0. The van der Waals surface area contributed by atoms with Gasteiger partial charge in [0.2, 0.25) is 0 Å². The van der Waals surface area contributed by atoms with Gasteiger partial charge in [0, 0.05) is 49.4 Å². The molecule has 12 rings (SSSR count). The van der Waals surface area contributed by atoms with Crippen molar-refractivity contribution in [2.45, 2.75) is 12.8 Å². The van der Waals surface area contributed by atoms with Crippen molar-refractivity contribution in [2.24, 2.45) is 0 Å². The lowest BCUT2D eigenvalue weighted by Crippen LogP contribution is -1.97. The van der Waals surface area contributed by atoms with E-state index in [2.05, 4.69) is 214 Å². The van der Waals surface area contributed by atoms with E-state index in [-0.39, 0.29) is 0 Å². The molecule has 0 fully saturated rings. The molecule has 0 saturated carbocycles. The summed E-state index contributed by atoms with van der Waals surface area (Å²) in [5, 5.41) is 7.53. The number of hydrogen-bond acceptors (Lipinski definition) is 0. The van der Waals surface area contributed by atoms with Crippen LogP contribution in [0.15, 0.2) is 200 Å². The second-order valence-electron chi connectivity index (χ2n) is 15.2. The lowest BCUT2D eigenvalue weighted by molar-refractivity contribution is 1.05. The fourth-order valence-electron chi connectivity index (χ4n) is 9.58. The standard InChI is InChI=1S/C54H37N3/c1-3-15-36(16-4-1)38-19-13-21-40(33-38)55-48-26-10-8-24-44(48)47-35-42(29-31-51(47)55)56-50-28-12-9-25-46(50)53-52(56)32-30-45-43-23-7-11-27-49(43)57(54(45)53)41-22-14-20-39(34-41)37-17-5-2-6-18-37/h1-5,7-17,19-35H,6,18H2. The van der Waals surface area contributed by atoms with E-state index in [1.54, 1.807) is 0 Å². The smallest absolute Gasteiger partial charge is 0.0641 e. The van der Waals surface area contributed by atoms with Crippen LogP contribution >= 0.6 is 0 Å². The number of fused-ring (bicyclic) bond motifs is 10. The Morgan fingerprint density at radius 1 is 0.351 bits per heavy atom. The Bertz CT molecular complexity index is 3460. The third-order valence-electron chi connectivity index (χ3n) is 12.1. The Morgan fingerprint density at radius 3 is 1.68 bits per heavy atom. The molecular formula is C54H37N3.